The summed E-state index contributed by atoms with van der Waals surface area (Å²) in [4.78, 5) is 12.0. The first-order valence-electron chi connectivity index (χ1n) is 5.79. The normalized spacial score (nSPS) is 11.4. The Morgan fingerprint density at radius 2 is 1.94 bits per heavy atom. The second-order valence-corrected chi connectivity index (χ2v) is 4.33. The van der Waals surface area contributed by atoms with Gasteiger partial charge in [0.2, 0.25) is 5.91 Å². The number of carbonyl (C=O) groups excluding carboxylic acids is 1. The van der Waals surface area contributed by atoms with Crippen LogP contribution in [0.5, 0.6) is 0 Å². The molecule has 1 aromatic rings. The lowest BCUT2D eigenvalue weighted by molar-refractivity contribution is -0.121. The highest BCUT2D eigenvalue weighted by atomic mass is 19.1. The summed E-state index contributed by atoms with van der Waals surface area (Å²) in [5.74, 6) is -0.636. The van der Waals surface area contributed by atoms with Crippen molar-refractivity contribution in [3.63, 3.8) is 0 Å². The lowest BCUT2D eigenvalue weighted by Gasteiger charge is -2.25. The van der Waals surface area contributed by atoms with E-state index in [1.807, 2.05) is 13.8 Å². The number of amides is 1. The van der Waals surface area contributed by atoms with E-state index in [0.717, 1.165) is 5.56 Å². The molecule has 0 saturated heterocycles. The van der Waals surface area contributed by atoms with E-state index in [-0.39, 0.29) is 11.7 Å². The molecule has 94 valence electrons. The zero-order valence-corrected chi connectivity index (χ0v) is 10.5. The van der Waals surface area contributed by atoms with Gasteiger partial charge in [0, 0.05) is 5.69 Å². The van der Waals surface area contributed by atoms with Crippen molar-refractivity contribution >= 4 is 11.6 Å². The fraction of sp³-hybridized carbons (Fsp3) is 0.462. The van der Waals surface area contributed by atoms with Gasteiger partial charge in [-0.1, -0.05) is 13.8 Å². The molecule has 1 amide bonds. The van der Waals surface area contributed by atoms with Crippen LogP contribution in [-0.2, 0) is 4.79 Å². The van der Waals surface area contributed by atoms with Crippen LogP contribution in [-0.4, -0.2) is 11.4 Å². The highest BCUT2D eigenvalue weighted by Gasteiger charge is 2.29. The smallest absolute Gasteiger partial charge is 0.244 e. The Hall–Kier alpha value is -1.42. The standard InChI is InChI=1S/C13H19FN2O/c1-4-13(15,5-2)12(17)16-11-7-9(3)6-10(14)8-11/h6-8H,4-5,15H2,1-3H3,(H,16,17). The second kappa shape index (κ2) is 5.27. The predicted molar refractivity (Wildman–Crippen MR) is 67.3 cm³/mol. The third-order valence-electron chi connectivity index (χ3n) is 3.01. The Kier molecular flexibility index (Phi) is 4.23. The van der Waals surface area contributed by atoms with Crippen molar-refractivity contribution in [2.24, 2.45) is 5.73 Å². The average molecular weight is 238 g/mol. The number of hydrogen-bond donors (Lipinski definition) is 2. The van der Waals surface area contributed by atoms with Gasteiger partial charge in [-0.15, -0.1) is 0 Å². The molecule has 3 N–H and O–H groups in total. The van der Waals surface area contributed by atoms with Crippen molar-refractivity contribution in [1.29, 1.82) is 0 Å². The summed E-state index contributed by atoms with van der Waals surface area (Å²) in [6, 6.07) is 4.41. The van der Waals surface area contributed by atoms with E-state index >= 15 is 0 Å². The summed E-state index contributed by atoms with van der Waals surface area (Å²) in [6.45, 7) is 5.49. The van der Waals surface area contributed by atoms with E-state index < -0.39 is 5.54 Å². The number of nitrogens with two attached hydrogens (primary N) is 1. The molecule has 0 fully saturated rings. The third kappa shape index (κ3) is 3.27. The number of nitrogens with one attached hydrogen (secondary N) is 1. The highest BCUT2D eigenvalue weighted by Crippen LogP contribution is 2.17. The molecule has 0 radical (unpaired) electrons. The van der Waals surface area contributed by atoms with Crippen molar-refractivity contribution in [3.8, 4) is 0 Å². The van der Waals surface area contributed by atoms with Crippen molar-refractivity contribution in [2.75, 3.05) is 5.32 Å². The number of halogens is 1. The first-order chi connectivity index (χ1) is 7.91. The number of hydrogen-bond acceptors (Lipinski definition) is 2. The predicted octanol–water partition coefficient (Wildman–Crippen LogP) is 2.59. The fourth-order valence-corrected chi connectivity index (χ4v) is 1.64. The van der Waals surface area contributed by atoms with Gasteiger partial charge in [0.1, 0.15) is 5.82 Å². The molecule has 0 aliphatic heterocycles. The highest BCUT2D eigenvalue weighted by molar-refractivity contribution is 5.97. The maximum atomic E-state index is 13.2. The van der Waals surface area contributed by atoms with Crippen LogP contribution in [0.25, 0.3) is 0 Å². The zero-order valence-electron chi connectivity index (χ0n) is 10.5. The minimum absolute atomic E-state index is 0.271. The molecule has 0 spiro atoms. The number of carbonyl (C=O) groups is 1. The summed E-state index contributed by atoms with van der Waals surface area (Å²) in [5, 5.41) is 2.66. The summed E-state index contributed by atoms with van der Waals surface area (Å²) >= 11 is 0. The zero-order chi connectivity index (χ0) is 13.1. The quantitative estimate of drug-likeness (QED) is 0.847. The molecule has 0 unspecified atom stereocenters. The van der Waals surface area contributed by atoms with Crippen LogP contribution in [0.1, 0.15) is 32.3 Å². The van der Waals surface area contributed by atoms with Crippen LogP contribution in [0.2, 0.25) is 0 Å². The van der Waals surface area contributed by atoms with E-state index in [2.05, 4.69) is 5.32 Å². The Morgan fingerprint density at radius 1 is 1.35 bits per heavy atom. The van der Waals surface area contributed by atoms with Gasteiger partial charge < -0.3 is 11.1 Å². The fourth-order valence-electron chi connectivity index (χ4n) is 1.64. The number of aryl methyl sites for hydroxylation is 1. The molecule has 3 nitrogen and oxygen atoms in total. The number of benzene rings is 1. The molecule has 0 aromatic heterocycles. The van der Waals surface area contributed by atoms with E-state index in [0.29, 0.717) is 18.5 Å². The minimum Gasteiger partial charge on any atom is -0.324 e. The Morgan fingerprint density at radius 3 is 2.41 bits per heavy atom. The summed E-state index contributed by atoms with van der Waals surface area (Å²) in [7, 11) is 0. The Balaban J connectivity index is 2.87. The maximum absolute atomic E-state index is 13.2. The van der Waals surface area contributed by atoms with Gasteiger partial charge in [0.15, 0.2) is 0 Å². The molecule has 0 atom stereocenters. The second-order valence-electron chi connectivity index (χ2n) is 4.33. The lowest BCUT2D eigenvalue weighted by Crippen LogP contribution is -2.50. The van der Waals surface area contributed by atoms with Crippen LogP contribution in [0.15, 0.2) is 18.2 Å². The van der Waals surface area contributed by atoms with Gasteiger partial charge in [-0.05, 0) is 43.5 Å². The van der Waals surface area contributed by atoms with Crippen LogP contribution in [0.3, 0.4) is 0 Å². The molecule has 4 heteroatoms. The number of rotatable bonds is 4. The van der Waals surface area contributed by atoms with Gasteiger partial charge in [-0.25, -0.2) is 4.39 Å². The van der Waals surface area contributed by atoms with Crippen LogP contribution >= 0.6 is 0 Å². The summed E-state index contributed by atoms with van der Waals surface area (Å²) in [5.41, 5.74) is 6.28. The maximum Gasteiger partial charge on any atom is 0.244 e. The van der Waals surface area contributed by atoms with E-state index in [9.17, 15) is 9.18 Å². The average Bonchev–Trinajstić information content (AvgIpc) is 2.26. The van der Waals surface area contributed by atoms with Gasteiger partial charge in [0.05, 0.1) is 5.54 Å². The third-order valence-corrected chi connectivity index (χ3v) is 3.01. The first-order valence-corrected chi connectivity index (χ1v) is 5.79. The van der Waals surface area contributed by atoms with E-state index in [1.165, 1.54) is 12.1 Å². The SMILES string of the molecule is CCC(N)(CC)C(=O)Nc1cc(C)cc(F)c1. The van der Waals surface area contributed by atoms with Crippen LogP contribution in [0, 0.1) is 12.7 Å². The van der Waals surface area contributed by atoms with Crippen molar-refractivity contribution in [2.45, 2.75) is 39.2 Å². The summed E-state index contributed by atoms with van der Waals surface area (Å²) in [6.07, 6.45) is 1.09. The Labute approximate surface area is 101 Å². The van der Waals surface area contributed by atoms with Crippen molar-refractivity contribution in [1.82, 2.24) is 0 Å². The molecule has 1 rings (SSSR count). The molecule has 0 aliphatic carbocycles. The van der Waals surface area contributed by atoms with Gasteiger partial charge >= 0.3 is 0 Å². The molecule has 1 aromatic carbocycles. The van der Waals surface area contributed by atoms with Crippen LogP contribution in [0.4, 0.5) is 10.1 Å². The molecule has 0 heterocycles. The van der Waals surface area contributed by atoms with Crippen molar-refractivity contribution < 1.29 is 9.18 Å². The molecular formula is C13H19FN2O. The van der Waals surface area contributed by atoms with Crippen LogP contribution < -0.4 is 11.1 Å². The Bertz CT molecular complexity index is 394. The minimum atomic E-state index is -0.889. The van der Waals surface area contributed by atoms with E-state index in [4.69, 9.17) is 5.73 Å². The van der Waals surface area contributed by atoms with Crippen molar-refractivity contribution in [3.05, 3.63) is 29.6 Å². The summed E-state index contributed by atoms with van der Waals surface area (Å²) < 4.78 is 13.2. The van der Waals surface area contributed by atoms with Gasteiger partial charge in [-0.3, -0.25) is 4.79 Å². The molecule has 17 heavy (non-hydrogen) atoms. The molecule has 0 bridgehead atoms. The van der Waals surface area contributed by atoms with E-state index in [1.54, 1.807) is 13.0 Å². The molecular weight excluding hydrogens is 219 g/mol. The largest absolute Gasteiger partial charge is 0.324 e. The first kappa shape index (κ1) is 13.6. The molecule has 0 aliphatic rings. The lowest BCUT2D eigenvalue weighted by atomic mass is 9.93. The monoisotopic (exact) mass is 238 g/mol. The number of anilines is 1. The van der Waals surface area contributed by atoms with Gasteiger partial charge in [-0.2, -0.15) is 0 Å². The molecule has 0 saturated carbocycles. The van der Waals surface area contributed by atoms with Gasteiger partial charge in [0.25, 0.3) is 0 Å². The topological polar surface area (TPSA) is 55.1 Å².